The van der Waals surface area contributed by atoms with Gasteiger partial charge in [-0.25, -0.2) is 0 Å². The van der Waals surface area contributed by atoms with Crippen LogP contribution in [-0.4, -0.2) is 5.78 Å². The standard InChI is InChI=1S/C6H10O/c7-6-4-2-1-3-5-6/h1-5H2/i1D2,2D2,3D2. The summed E-state index contributed by atoms with van der Waals surface area (Å²) in [5, 5.41) is 0. The highest BCUT2D eigenvalue weighted by atomic mass is 16.1. The van der Waals surface area contributed by atoms with E-state index in [9.17, 15) is 4.79 Å². The second kappa shape index (κ2) is 2.10. The molecule has 7 heavy (non-hydrogen) atoms. The van der Waals surface area contributed by atoms with Crippen LogP contribution in [-0.2, 0) is 4.79 Å². The van der Waals surface area contributed by atoms with E-state index in [1.165, 1.54) is 0 Å². The normalized spacial score (nSPS) is 56.9. The Balaban J connectivity index is 3.10. The van der Waals surface area contributed by atoms with Crippen molar-refractivity contribution in [1.29, 1.82) is 0 Å². The maximum atomic E-state index is 10.9. The number of rotatable bonds is 0. The van der Waals surface area contributed by atoms with Crippen molar-refractivity contribution in [3.63, 3.8) is 0 Å². The summed E-state index contributed by atoms with van der Waals surface area (Å²) in [6, 6.07) is 0. The van der Waals surface area contributed by atoms with Gasteiger partial charge < -0.3 is 0 Å². The van der Waals surface area contributed by atoms with Gasteiger partial charge in [0, 0.05) is 21.1 Å². The second-order valence-corrected chi connectivity index (χ2v) is 1.37. The minimum Gasteiger partial charge on any atom is -0.300 e. The summed E-state index contributed by atoms with van der Waals surface area (Å²) in [6.07, 6.45) is -8.51. The monoisotopic (exact) mass is 104 g/mol. The zero-order chi connectivity index (χ0) is 10.5. The Bertz CT molecular complexity index is 224. The zero-order valence-corrected chi connectivity index (χ0v) is 3.82. The third-order valence-corrected chi connectivity index (χ3v) is 0.748. The lowest BCUT2D eigenvalue weighted by atomic mass is 10.00. The molecule has 0 aromatic carbocycles. The lowest BCUT2D eigenvalue weighted by Crippen LogP contribution is -2.02. The van der Waals surface area contributed by atoms with E-state index in [1.807, 2.05) is 0 Å². The molecule has 0 bridgehead atoms. The summed E-state index contributed by atoms with van der Waals surface area (Å²) in [6.45, 7) is 0. The van der Waals surface area contributed by atoms with Gasteiger partial charge in [-0.05, 0) is 12.7 Å². The second-order valence-electron chi connectivity index (χ2n) is 1.37. The molecule has 1 aliphatic carbocycles. The fraction of sp³-hybridized carbons (Fsp3) is 0.833. The molecule has 0 amide bonds. The molecule has 0 aliphatic heterocycles. The molecule has 1 fully saturated rings. The largest absolute Gasteiger partial charge is 0.300 e. The molecule has 1 heteroatoms. The van der Waals surface area contributed by atoms with Gasteiger partial charge in [0.25, 0.3) is 0 Å². The molecule has 0 unspecified atom stereocenters. The number of hydrogen-bond acceptors (Lipinski definition) is 1. The molecule has 0 aromatic rings. The number of carbonyl (C=O) groups is 1. The van der Waals surface area contributed by atoms with Crippen LogP contribution in [0.25, 0.3) is 0 Å². The maximum Gasteiger partial charge on any atom is 0.132 e. The summed E-state index contributed by atoms with van der Waals surface area (Å²) in [5.41, 5.74) is 0. The van der Waals surface area contributed by atoms with Crippen LogP contribution in [0.1, 0.15) is 40.2 Å². The number of Topliss-reactive ketones (excluding diaryl/α,β-unsaturated/α-hetero) is 1. The Hall–Kier alpha value is -0.330. The van der Waals surface area contributed by atoms with Crippen molar-refractivity contribution in [1.82, 2.24) is 0 Å². The van der Waals surface area contributed by atoms with E-state index in [2.05, 4.69) is 0 Å². The lowest BCUT2D eigenvalue weighted by Gasteiger charge is -2.05. The first-order valence-electron chi connectivity index (χ1n) is 5.12. The Morgan fingerprint density at radius 3 is 2.43 bits per heavy atom. The third-order valence-electron chi connectivity index (χ3n) is 0.748. The van der Waals surface area contributed by atoms with E-state index < -0.39 is 37.7 Å². The van der Waals surface area contributed by atoms with Crippen LogP contribution in [0.15, 0.2) is 0 Å². The first kappa shape index (κ1) is 1.34. The molecule has 0 aromatic heterocycles. The maximum absolute atomic E-state index is 10.9. The summed E-state index contributed by atoms with van der Waals surface area (Å²) >= 11 is 0. The molecule has 40 valence electrons. The highest BCUT2D eigenvalue weighted by Gasteiger charge is 2.05. The van der Waals surface area contributed by atoms with Crippen molar-refractivity contribution < 1.29 is 13.0 Å². The fourth-order valence-corrected chi connectivity index (χ4v) is 0.411. The smallest absolute Gasteiger partial charge is 0.132 e. The lowest BCUT2D eigenvalue weighted by molar-refractivity contribution is -0.120. The third kappa shape index (κ3) is 1.30. The van der Waals surface area contributed by atoms with Gasteiger partial charge in [-0.1, -0.05) is 6.37 Å². The summed E-state index contributed by atoms with van der Waals surface area (Å²) in [4.78, 5) is 10.9. The zero-order valence-electron chi connectivity index (χ0n) is 9.82. The van der Waals surface area contributed by atoms with Crippen LogP contribution in [0.5, 0.6) is 0 Å². The van der Waals surface area contributed by atoms with E-state index in [1.54, 1.807) is 0 Å². The molecule has 0 spiro atoms. The fourth-order valence-electron chi connectivity index (χ4n) is 0.411. The van der Waals surface area contributed by atoms with Gasteiger partial charge in [-0.3, -0.25) is 4.79 Å². The van der Waals surface area contributed by atoms with Crippen LogP contribution in [0.4, 0.5) is 0 Å². The molecule has 0 radical (unpaired) electrons. The molecule has 1 rings (SSSR count). The molecule has 0 atom stereocenters. The highest BCUT2D eigenvalue weighted by Crippen LogP contribution is 2.12. The van der Waals surface area contributed by atoms with Crippen LogP contribution < -0.4 is 0 Å². The van der Waals surface area contributed by atoms with Crippen molar-refractivity contribution in [2.75, 3.05) is 0 Å². The molecule has 1 nitrogen and oxygen atoms in total. The van der Waals surface area contributed by atoms with Crippen molar-refractivity contribution in [3.05, 3.63) is 0 Å². The average molecular weight is 104 g/mol. The van der Waals surface area contributed by atoms with Crippen molar-refractivity contribution in [2.45, 2.75) is 32.0 Å². The summed E-state index contributed by atoms with van der Waals surface area (Å²) in [5.74, 6) is -0.565. The van der Waals surface area contributed by atoms with Crippen molar-refractivity contribution in [3.8, 4) is 0 Å². The summed E-state index contributed by atoms with van der Waals surface area (Å²) < 4.78 is 43.6. The Labute approximate surface area is 52.1 Å². The van der Waals surface area contributed by atoms with Crippen LogP contribution in [0.2, 0.25) is 0 Å². The van der Waals surface area contributed by atoms with E-state index in [4.69, 9.17) is 8.22 Å². The summed E-state index contributed by atoms with van der Waals surface area (Å²) in [7, 11) is 0. The van der Waals surface area contributed by atoms with Crippen molar-refractivity contribution in [2.24, 2.45) is 0 Å². The predicted molar refractivity (Wildman–Crippen MR) is 28.1 cm³/mol. The van der Waals surface area contributed by atoms with Gasteiger partial charge in [0.2, 0.25) is 0 Å². The van der Waals surface area contributed by atoms with Gasteiger partial charge >= 0.3 is 0 Å². The van der Waals surface area contributed by atoms with Gasteiger partial charge in [0.15, 0.2) is 0 Å². The van der Waals surface area contributed by atoms with E-state index in [0.717, 1.165) is 0 Å². The average Bonchev–Trinajstić information content (AvgIpc) is 1.80. The van der Waals surface area contributed by atoms with Gasteiger partial charge in [0.05, 0.1) is 0 Å². The number of ketones is 1. The predicted octanol–water partition coefficient (Wildman–Crippen LogP) is 1.52. The van der Waals surface area contributed by atoms with Gasteiger partial charge in [-0.2, -0.15) is 0 Å². The molecular formula is C6H10O. The number of carbonyl (C=O) groups excluding carboxylic acids is 1. The van der Waals surface area contributed by atoms with Crippen LogP contribution in [0.3, 0.4) is 0 Å². The molecule has 1 aliphatic rings. The molecule has 1 saturated carbocycles. The Morgan fingerprint density at radius 1 is 1.29 bits per heavy atom. The molecule has 0 N–H and O–H groups in total. The molecule has 0 saturated heterocycles. The SMILES string of the molecule is [2H]C1([2H])CC(=O)CC([2H])([2H])C1([2H])[2H]. The minimum absolute atomic E-state index is 0.542. The van der Waals surface area contributed by atoms with Crippen LogP contribution >= 0.6 is 0 Å². The van der Waals surface area contributed by atoms with E-state index in [-0.39, 0.29) is 0 Å². The highest BCUT2D eigenvalue weighted by molar-refractivity contribution is 5.78. The van der Waals surface area contributed by atoms with Gasteiger partial charge in [-0.15, -0.1) is 0 Å². The molecular weight excluding hydrogens is 88.1 g/mol. The Morgan fingerprint density at radius 2 is 1.86 bits per heavy atom. The Kier molecular flexibility index (Phi) is 0.401. The van der Waals surface area contributed by atoms with Gasteiger partial charge in [0.1, 0.15) is 5.78 Å². The van der Waals surface area contributed by atoms with E-state index >= 15 is 0 Å². The van der Waals surface area contributed by atoms with Crippen LogP contribution in [0, 0.1) is 0 Å². The minimum atomic E-state index is -2.60. The number of hydrogen-bond donors (Lipinski definition) is 0. The van der Waals surface area contributed by atoms with E-state index in [0.29, 0.717) is 0 Å². The first-order chi connectivity index (χ1) is 5.60. The quantitative estimate of drug-likeness (QED) is 0.455. The topological polar surface area (TPSA) is 17.1 Å². The van der Waals surface area contributed by atoms with Crippen molar-refractivity contribution >= 4 is 5.78 Å². The molecule has 0 heterocycles. The first-order valence-corrected chi connectivity index (χ1v) is 2.12.